The maximum absolute atomic E-state index is 12.5. The fraction of sp³-hybridized carbons (Fsp3) is 0.250. The van der Waals surface area contributed by atoms with Crippen LogP contribution in [0, 0.1) is 0 Å². The van der Waals surface area contributed by atoms with Crippen LogP contribution in [0.4, 0.5) is 5.69 Å². The van der Waals surface area contributed by atoms with E-state index in [9.17, 15) is 9.59 Å². The molecule has 0 unspecified atom stereocenters. The van der Waals surface area contributed by atoms with E-state index < -0.39 is 0 Å². The molecule has 6 nitrogen and oxygen atoms in total. The fourth-order valence-corrected chi connectivity index (χ4v) is 2.75. The van der Waals surface area contributed by atoms with Gasteiger partial charge in [-0.25, -0.2) is 4.98 Å². The summed E-state index contributed by atoms with van der Waals surface area (Å²) in [4.78, 5) is 32.9. The topological polar surface area (TPSA) is 58.4 Å². The summed E-state index contributed by atoms with van der Waals surface area (Å²) in [5.74, 6) is -0.138. The summed E-state index contributed by atoms with van der Waals surface area (Å²) in [7, 11) is 5.71. The molecule has 0 atom stereocenters. The van der Waals surface area contributed by atoms with E-state index in [4.69, 9.17) is 0 Å². The van der Waals surface area contributed by atoms with E-state index in [0.717, 1.165) is 11.3 Å². The molecule has 2 aromatic carbocycles. The minimum atomic E-state index is -0.201. The zero-order chi connectivity index (χ0) is 18.7. The van der Waals surface area contributed by atoms with Crippen LogP contribution >= 0.6 is 0 Å². The van der Waals surface area contributed by atoms with Gasteiger partial charge in [0.1, 0.15) is 6.54 Å². The fourth-order valence-electron chi connectivity index (χ4n) is 2.75. The first-order valence-electron chi connectivity index (χ1n) is 8.40. The predicted octanol–water partition coefficient (Wildman–Crippen LogP) is 2.12. The van der Waals surface area contributed by atoms with Crippen LogP contribution in [-0.2, 0) is 17.9 Å². The number of fused-ring (bicyclic) bond motifs is 1. The molecule has 134 valence electrons. The van der Waals surface area contributed by atoms with E-state index >= 15 is 0 Å². The summed E-state index contributed by atoms with van der Waals surface area (Å²) in [5, 5.41) is 0.518. The highest BCUT2D eigenvalue weighted by Crippen LogP contribution is 2.13. The van der Waals surface area contributed by atoms with Gasteiger partial charge >= 0.3 is 0 Å². The molecule has 1 amide bonds. The number of hydrogen-bond acceptors (Lipinski definition) is 4. The third-order valence-electron chi connectivity index (χ3n) is 4.34. The molecule has 0 fully saturated rings. The van der Waals surface area contributed by atoms with Crippen LogP contribution in [0.15, 0.2) is 59.7 Å². The molecule has 3 aromatic rings. The average molecular weight is 350 g/mol. The van der Waals surface area contributed by atoms with Gasteiger partial charge in [-0.3, -0.25) is 14.2 Å². The zero-order valence-corrected chi connectivity index (χ0v) is 15.2. The van der Waals surface area contributed by atoms with Gasteiger partial charge in [-0.1, -0.05) is 24.3 Å². The predicted molar refractivity (Wildman–Crippen MR) is 103 cm³/mol. The molecule has 6 heteroatoms. The van der Waals surface area contributed by atoms with E-state index in [-0.39, 0.29) is 18.0 Å². The number of benzene rings is 2. The van der Waals surface area contributed by atoms with Crippen molar-refractivity contribution in [3.05, 3.63) is 70.8 Å². The molecule has 1 heterocycles. The lowest BCUT2D eigenvalue weighted by Gasteiger charge is -2.19. The number of hydrogen-bond donors (Lipinski definition) is 0. The van der Waals surface area contributed by atoms with Crippen molar-refractivity contribution in [2.24, 2.45) is 0 Å². The maximum atomic E-state index is 12.5. The standard InChI is InChI=1S/C20H22N4O2/c1-22(2)16-10-8-15(9-11-16)12-23(3)19(25)13-24-14-21-18-7-5-4-6-17(18)20(24)26/h4-11,14H,12-13H2,1-3H3. The Morgan fingerprint density at radius 1 is 1.04 bits per heavy atom. The second kappa shape index (κ2) is 7.39. The van der Waals surface area contributed by atoms with Gasteiger partial charge in [0.05, 0.1) is 17.2 Å². The lowest BCUT2D eigenvalue weighted by molar-refractivity contribution is -0.131. The van der Waals surface area contributed by atoms with Crippen LogP contribution in [0.3, 0.4) is 0 Å². The molecule has 0 radical (unpaired) electrons. The molecule has 0 bridgehead atoms. The molecule has 0 spiro atoms. The highest BCUT2D eigenvalue weighted by molar-refractivity contribution is 5.78. The van der Waals surface area contributed by atoms with E-state index in [1.165, 1.54) is 10.9 Å². The number of carbonyl (C=O) groups is 1. The van der Waals surface area contributed by atoms with Crippen LogP contribution in [0.25, 0.3) is 10.9 Å². The number of carbonyl (C=O) groups excluding carboxylic acids is 1. The highest BCUT2D eigenvalue weighted by atomic mass is 16.2. The highest BCUT2D eigenvalue weighted by Gasteiger charge is 2.12. The molecule has 0 N–H and O–H groups in total. The molecule has 3 rings (SSSR count). The second-order valence-electron chi connectivity index (χ2n) is 6.51. The zero-order valence-electron chi connectivity index (χ0n) is 15.2. The van der Waals surface area contributed by atoms with E-state index in [2.05, 4.69) is 4.98 Å². The Labute approximate surface area is 152 Å². The molecule has 0 aliphatic rings. The van der Waals surface area contributed by atoms with Gasteiger partial charge < -0.3 is 9.80 Å². The number of likely N-dealkylation sites (N-methyl/N-ethyl adjacent to an activating group) is 1. The molecule has 0 aliphatic heterocycles. The Hall–Kier alpha value is -3.15. The summed E-state index contributed by atoms with van der Waals surface area (Å²) >= 11 is 0. The third kappa shape index (κ3) is 3.74. The van der Waals surface area contributed by atoms with Crippen molar-refractivity contribution in [1.82, 2.24) is 14.5 Å². The molecule has 0 saturated carbocycles. The third-order valence-corrected chi connectivity index (χ3v) is 4.34. The Morgan fingerprint density at radius 2 is 1.73 bits per heavy atom. The first kappa shape index (κ1) is 17.7. The molecular weight excluding hydrogens is 328 g/mol. The molecular formula is C20H22N4O2. The molecule has 1 aromatic heterocycles. The maximum Gasteiger partial charge on any atom is 0.261 e. The van der Waals surface area contributed by atoms with Crippen molar-refractivity contribution in [2.75, 3.05) is 26.0 Å². The smallest absolute Gasteiger partial charge is 0.261 e. The van der Waals surface area contributed by atoms with E-state index in [1.54, 1.807) is 30.1 Å². The number of anilines is 1. The quantitative estimate of drug-likeness (QED) is 0.707. The summed E-state index contributed by atoms with van der Waals surface area (Å²) in [6.07, 6.45) is 1.43. The first-order chi connectivity index (χ1) is 12.5. The van der Waals surface area contributed by atoms with Crippen LogP contribution in [-0.4, -0.2) is 41.5 Å². The Morgan fingerprint density at radius 3 is 2.42 bits per heavy atom. The van der Waals surface area contributed by atoms with Gasteiger partial charge in [0, 0.05) is 33.4 Å². The van der Waals surface area contributed by atoms with Crippen LogP contribution in [0.5, 0.6) is 0 Å². The minimum Gasteiger partial charge on any atom is -0.378 e. The normalized spacial score (nSPS) is 10.7. The lowest BCUT2D eigenvalue weighted by Crippen LogP contribution is -2.33. The minimum absolute atomic E-state index is 0.0249. The monoisotopic (exact) mass is 350 g/mol. The number of para-hydroxylation sites is 1. The Balaban J connectivity index is 1.71. The SMILES string of the molecule is CN(Cc1ccc(N(C)C)cc1)C(=O)Cn1cnc2ccccc2c1=O. The Kier molecular flexibility index (Phi) is 5.02. The number of aromatic nitrogens is 2. The van der Waals surface area contributed by atoms with E-state index in [1.807, 2.05) is 49.3 Å². The molecule has 26 heavy (non-hydrogen) atoms. The number of nitrogens with zero attached hydrogens (tertiary/aromatic N) is 4. The van der Waals surface area contributed by atoms with Crippen molar-refractivity contribution in [2.45, 2.75) is 13.1 Å². The number of rotatable bonds is 5. The van der Waals surface area contributed by atoms with Crippen LogP contribution in [0.1, 0.15) is 5.56 Å². The Bertz CT molecular complexity index is 977. The van der Waals surface area contributed by atoms with Crippen molar-refractivity contribution < 1.29 is 4.79 Å². The van der Waals surface area contributed by atoms with Gasteiger partial charge in [0.25, 0.3) is 5.56 Å². The number of amides is 1. The molecule has 0 saturated heterocycles. The lowest BCUT2D eigenvalue weighted by atomic mass is 10.2. The summed E-state index contributed by atoms with van der Waals surface area (Å²) in [5.41, 5.74) is 2.58. The summed E-state index contributed by atoms with van der Waals surface area (Å²) in [6.45, 7) is 0.464. The van der Waals surface area contributed by atoms with Gasteiger partial charge in [-0.15, -0.1) is 0 Å². The van der Waals surface area contributed by atoms with Gasteiger partial charge in [0.15, 0.2) is 0 Å². The second-order valence-corrected chi connectivity index (χ2v) is 6.51. The van der Waals surface area contributed by atoms with Crippen LogP contribution in [0.2, 0.25) is 0 Å². The van der Waals surface area contributed by atoms with E-state index in [0.29, 0.717) is 17.4 Å². The van der Waals surface area contributed by atoms with Crippen molar-refractivity contribution >= 4 is 22.5 Å². The van der Waals surface area contributed by atoms with Crippen molar-refractivity contribution in [1.29, 1.82) is 0 Å². The largest absolute Gasteiger partial charge is 0.378 e. The average Bonchev–Trinajstić information content (AvgIpc) is 2.64. The summed E-state index contributed by atoms with van der Waals surface area (Å²) < 4.78 is 1.36. The van der Waals surface area contributed by atoms with Crippen molar-refractivity contribution in [3.63, 3.8) is 0 Å². The summed E-state index contributed by atoms with van der Waals surface area (Å²) in [6, 6.07) is 15.2. The van der Waals surface area contributed by atoms with Gasteiger partial charge in [-0.05, 0) is 29.8 Å². The first-order valence-corrected chi connectivity index (χ1v) is 8.40. The van der Waals surface area contributed by atoms with Crippen LogP contribution < -0.4 is 10.5 Å². The molecule has 0 aliphatic carbocycles. The van der Waals surface area contributed by atoms with Crippen molar-refractivity contribution in [3.8, 4) is 0 Å². The van der Waals surface area contributed by atoms with Gasteiger partial charge in [0.2, 0.25) is 5.91 Å². The van der Waals surface area contributed by atoms with Gasteiger partial charge in [-0.2, -0.15) is 0 Å².